The highest BCUT2D eigenvalue weighted by molar-refractivity contribution is 7.18. The molecule has 6 nitrogen and oxygen atoms in total. The minimum Gasteiger partial charge on any atom is -0.298 e. The Kier molecular flexibility index (Phi) is 4.08. The number of benzene rings is 1. The van der Waals surface area contributed by atoms with Crippen molar-refractivity contribution >= 4 is 39.0 Å². The van der Waals surface area contributed by atoms with E-state index >= 15 is 0 Å². The molecule has 2 aromatic rings. The molecule has 1 amide bonds. The van der Waals surface area contributed by atoms with Crippen molar-refractivity contribution < 1.29 is 9.72 Å². The van der Waals surface area contributed by atoms with E-state index in [-0.39, 0.29) is 16.0 Å². The second-order valence-corrected chi connectivity index (χ2v) is 4.82. The van der Waals surface area contributed by atoms with Gasteiger partial charge in [-0.25, -0.2) is 4.98 Å². The highest BCUT2D eigenvalue weighted by Crippen LogP contribution is 2.25. The Morgan fingerprint density at radius 3 is 2.63 bits per heavy atom. The number of hydrogen-bond donors (Lipinski definition) is 1. The van der Waals surface area contributed by atoms with Gasteiger partial charge in [0.1, 0.15) is 6.20 Å². The predicted octanol–water partition coefficient (Wildman–Crippen LogP) is 3.04. The lowest BCUT2D eigenvalue weighted by Crippen LogP contribution is -2.11. The van der Waals surface area contributed by atoms with Crippen LogP contribution in [-0.2, 0) is 5.88 Å². The van der Waals surface area contributed by atoms with E-state index in [2.05, 4.69) is 10.3 Å². The summed E-state index contributed by atoms with van der Waals surface area (Å²) in [5, 5.41) is 13.1. The van der Waals surface area contributed by atoms with Crippen LogP contribution in [0, 0.1) is 10.1 Å². The number of anilines is 1. The van der Waals surface area contributed by atoms with Crippen LogP contribution in [0.15, 0.2) is 30.5 Å². The zero-order valence-corrected chi connectivity index (χ0v) is 11.1. The summed E-state index contributed by atoms with van der Waals surface area (Å²) in [6, 6.07) is 6.75. The maximum atomic E-state index is 11.8. The molecule has 2 rings (SSSR count). The number of alkyl halides is 1. The Labute approximate surface area is 117 Å². The summed E-state index contributed by atoms with van der Waals surface area (Å²) in [6.07, 6.45) is 1.11. The number of amides is 1. The van der Waals surface area contributed by atoms with E-state index in [4.69, 9.17) is 11.6 Å². The molecule has 0 bridgehead atoms. The molecule has 0 aliphatic rings. The van der Waals surface area contributed by atoms with E-state index in [1.54, 1.807) is 24.3 Å². The van der Waals surface area contributed by atoms with Gasteiger partial charge in [-0.15, -0.1) is 11.6 Å². The highest BCUT2D eigenvalue weighted by Gasteiger charge is 2.14. The smallest absolute Gasteiger partial charge is 0.298 e. The van der Waals surface area contributed by atoms with Gasteiger partial charge in [-0.2, -0.15) is 0 Å². The molecule has 0 aliphatic carbocycles. The quantitative estimate of drug-likeness (QED) is 0.534. The first-order chi connectivity index (χ1) is 9.10. The Morgan fingerprint density at radius 2 is 2.11 bits per heavy atom. The standard InChI is InChI=1S/C11H8ClN3O3S/c12-5-7-1-3-8(4-2-7)10(16)14-11-13-6-9(19-11)15(17)18/h1-4,6H,5H2,(H,13,14,16). The maximum absolute atomic E-state index is 11.8. The molecular formula is C11H8ClN3O3S. The minimum atomic E-state index is -0.553. The Morgan fingerprint density at radius 1 is 1.42 bits per heavy atom. The Hall–Kier alpha value is -1.99. The second-order valence-electron chi connectivity index (χ2n) is 3.55. The number of thiazole rings is 1. The van der Waals surface area contributed by atoms with Crippen molar-refractivity contribution in [3.05, 3.63) is 51.7 Å². The van der Waals surface area contributed by atoms with Crippen molar-refractivity contribution in [2.45, 2.75) is 5.88 Å². The molecule has 0 aliphatic heterocycles. The molecule has 8 heteroatoms. The highest BCUT2D eigenvalue weighted by atomic mass is 35.5. The van der Waals surface area contributed by atoms with Gasteiger partial charge in [0.25, 0.3) is 5.91 Å². The van der Waals surface area contributed by atoms with E-state index in [0.29, 0.717) is 11.4 Å². The average Bonchev–Trinajstić information content (AvgIpc) is 2.87. The fourth-order valence-electron chi connectivity index (χ4n) is 1.32. The first-order valence-corrected chi connectivity index (χ1v) is 6.51. The largest absolute Gasteiger partial charge is 0.345 e. The van der Waals surface area contributed by atoms with Crippen molar-refractivity contribution in [3.63, 3.8) is 0 Å². The predicted molar refractivity (Wildman–Crippen MR) is 72.7 cm³/mol. The van der Waals surface area contributed by atoms with Crippen LogP contribution in [0.1, 0.15) is 15.9 Å². The molecule has 0 spiro atoms. The number of nitrogens with one attached hydrogen (secondary N) is 1. The van der Waals surface area contributed by atoms with E-state index in [9.17, 15) is 14.9 Å². The molecular weight excluding hydrogens is 290 g/mol. The van der Waals surface area contributed by atoms with Crippen molar-refractivity contribution in [2.75, 3.05) is 5.32 Å². The van der Waals surface area contributed by atoms with Crippen LogP contribution in [-0.4, -0.2) is 15.8 Å². The monoisotopic (exact) mass is 297 g/mol. The molecule has 0 atom stereocenters. The van der Waals surface area contributed by atoms with Crippen molar-refractivity contribution in [1.29, 1.82) is 0 Å². The van der Waals surface area contributed by atoms with E-state index < -0.39 is 4.92 Å². The van der Waals surface area contributed by atoms with Crippen LogP contribution in [0.4, 0.5) is 10.1 Å². The first kappa shape index (κ1) is 13.4. The number of hydrogen-bond acceptors (Lipinski definition) is 5. The summed E-state index contributed by atoms with van der Waals surface area (Å²) >= 11 is 6.46. The summed E-state index contributed by atoms with van der Waals surface area (Å²) in [4.78, 5) is 25.5. The van der Waals surface area contributed by atoms with Gasteiger partial charge in [0.15, 0.2) is 5.13 Å². The van der Waals surface area contributed by atoms with Gasteiger partial charge in [-0.05, 0) is 29.0 Å². The van der Waals surface area contributed by atoms with Crippen LogP contribution in [0.25, 0.3) is 0 Å². The van der Waals surface area contributed by atoms with Gasteiger partial charge in [-0.1, -0.05) is 12.1 Å². The zero-order chi connectivity index (χ0) is 13.8. The molecule has 19 heavy (non-hydrogen) atoms. The van der Waals surface area contributed by atoms with Crippen molar-refractivity contribution in [2.24, 2.45) is 0 Å². The van der Waals surface area contributed by atoms with Crippen LogP contribution >= 0.6 is 22.9 Å². The van der Waals surface area contributed by atoms with Crippen molar-refractivity contribution in [1.82, 2.24) is 4.98 Å². The fourth-order valence-corrected chi connectivity index (χ4v) is 2.13. The lowest BCUT2D eigenvalue weighted by atomic mass is 10.1. The maximum Gasteiger partial charge on any atom is 0.345 e. The molecule has 1 aromatic heterocycles. The summed E-state index contributed by atoms with van der Waals surface area (Å²) < 4.78 is 0. The van der Waals surface area contributed by atoms with Gasteiger partial charge >= 0.3 is 5.00 Å². The molecule has 98 valence electrons. The van der Waals surface area contributed by atoms with E-state index in [0.717, 1.165) is 23.1 Å². The molecule has 0 radical (unpaired) electrons. The van der Waals surface area contributed by atoms with Crippen LogP contribution in [0.2, 0.25) is 0 Å². The number of carbonyl (C=O) groups is 1. The van der Waals surface area contributed by atoms with E-state index in [1.807, 2.05) is 0 Å². The molecule has 1 aromatic carbocycles. The second kappa shape index (κ2) is 5.77. The fraction of sp³-hybridized carbons (Fsp3) is 0.0909. The number of rotatable bonds is 4. The molecule has 0 unspecified atom stereocenters. The van der Waals surface area contributed by atoms with Crippen molar-refractivity contribution in [3.8, 4) is 0 Å². The average molecular weight is 298 g/mol. The number of nitrogens with zero attached hydrogens (tertiary/aromatic N) is 2. The minimum absolute atomic E-state index is 0.118. The topological polar surface area (TPSA) is 85.1 Å². The van der Waals surface area contributed by atoms with Gasteiger partial charge in [-0.3, -0.25) is 20.2 Å². The summed E-state index contributed by atoms with van der Waals surface area (Å²) in [6.45, 7) is 0. The normalized spacial score (nSPS) is 10.2. The van der Waals surface area contributed by atoms with Crippen LogP contribution in [0.5, 0.6) is 0 Å². The van der Waals surface area contributed by atoms with E-state index in [1.165, 1.54) is 0 Å². The molecule has 1 N–H and O–H groups in total. The van der Waals surface area contributed by atoms with Gasteiger partial charge in [0.2, 0.25) is 0 Å². The lowest BCUT2D eigenvalue weighted by molar-refractivity contribution is -0.380. The lowest BCUT2D eigenvalue weighted by Gasteiger charge is -2.02. The number of halogens is 1. The summed E-state index contributed by atoms with van der Waals surface area (Å²) in [5.41, 5.74) is 1.34. The third kappa shape index (κ3) is 3.27. The summed E-state index contributed by atoms with van der Waals surface area (Å²) in [5.74, 6) is 0.00554. The number of carbonyl (C=O) groups excluding carboxylic acids is 1. The summed E-state index contributed by atoms with van der Waals surface area (Å²) in [7, 11) is 0. The molecule has 0 saturated heterocycles. The van der Waals surface area contributed by atoms with Crippen LogP contribution < -0.4 is 5.32 Å². The third-order valence-corrected chi connectivity index (χ3v) is 3.44. The SMILES string of the molecule is O=C(Nc1ncc([N+](=O)[O-])s1)c1ccc(CCl)cc1. The molecule has 0 saturated carbocycles. The molecule has 0 fully saturated rings. The Balaban J connectivity index is 2.08. The van der Waals surface area contributed by atoms with Gasteiger partial charge in [0, 0.05) is 11.4 Å². The molecule has 1 heterocycles. The van der Waals surface area contributed by atoms with Crippen LogP contribution in [0.3, 0.4) is 0 Å². The van der Waals surface area contributed by atoms with Gasteiger partial charge < -0.3 is 0 Å². The number of nitro groups is 1. The third-order valence-electron chi connectivity index (χ3n) is 2.26. The number of aromatic nitrogens is 1. The first-order valence-electron chi connectivity index (χ1n) is 5.16. The van der Waals surface area contributed by atoms with Gasteiger partial charge in [0.05, 0.1) is 4.92 Å². The Bertz CT molecular complexity index is 612. The zero-order valence-electron chi connectivity index (χ0n) is 9.50.